The normalized spacial score (nSPS) is 18.4. The fraction of sp³-hybridized carbons (Fsp3) is 0.350. The first-order valence-electron chi connectivity index (χ1n) is 9.78. The molecule has 1 saturated heterocycles. The number of anilines is 2. The molecule has 1 fully saturated rings. The molecule has 1 aromatic carbocycles. The van der Waals surface area contributed by atoms with Crippen LogP contribution in [0.2, 0.25) is 5.02 Å². The fourth-order valence-corrected chi connectivity index (χ4v) is 4.97. The third-order valence-electron chi connectivity index (χ3n) is 5.30. The van der Waals surface area contributed by atoms with Gasteiger partial charge in [-0.15, -0.1) is 0 Å². The van der Waals surface area contributed by atoms with E-state index in [2.05, 4.69) is 10.3 Å². The highest BCUT2D eigenvalue weighted by molar-refractivity contribution is 7.85. The zero-order valence-corrected chi connectivity index (χ0v) is 19.3. The Kier molecular flexibility index (Phi) is 7.26. The van der Waals surface area contributed by atoms with Gasteiger partial charge in [-0.25, -0.2) is 13.8 Å². The SMILES string of the molecule is Cc1cc(C(F)(F)F)c(C#N)c(N2CC[C@H](CS(=O)(=O)O)[C@H]2C(=O)Nc2cc(Cl)c(F)cc2F)n1. The lowest BCUT2D eigenvalue weighted by atomic mass is 10.0. The number of hydrogen-bond acceptors (Lipinski definition) is 6. The molecule has 15 heteroatoms. The third-order valence-corrected chi connectivity index (χ3v) is 6.44. The van der Waals surface area contributed by atoms with Gasteiger partial charge in [0, 0.05) is 24.2 Å². The maximum Gasteiger partial charge on any atom is 0.417 e. The number of aryl methyl sites for hydroxylation is 1. The van der Waals surface area contributed by atoms with Crippen LogP contribution in [-0.4, -0.2) is 42.2 Å². The van der Waals surface area contributed by atoms with Crippen LogP contribution in [0.1, 0.15) is 23.2 Å². The smallest absolute Gasteiger partial charge is 0.343 e. The number of nitrogens with zero attached hydrogens (tertiary/aromatic N) is 3. The third kappa shape index (κ3) is 5.80. The summed E-state index contributed by atoms with van der Waals surface area (Å²) in [7, 11) is -4.65. The maximum absolute atomic E-state index is 14.2. The molecule has 188 valence electrons. The summed E-state index contributed by atoms with van der Waals surface area (Å²) >= 11 is 5.62. The van der Waals surface area contributed by atoms with Gasteiger partial charge < -0.3 is 10.2 Å². The zero-order valence-electron chi connectivity index (χ0n) is 17.7. The topological polar surface area (TPSA) is 123 Å². The fourth-order valence-electron chi connectivity index (χ4n) is 3.92. The number of amides is 1. The largest absolute Gasteiger partial charge is 0.417 e. The number of halogens is 6. The maximum atomic E-state index is 14.2. The Labute approximate surface area is 201 Å². The van der Waals surface area contributed by atoms with Gasteiger partial charge in [0.15, 0.2) is 0 Å². The summed E-state index contributed by atoms with van der Waals surface area (Å²) in [6.07, 6.45) is -5.04. The number of pyridine rings is 1. The molecule has 0 spiro atoms. The molecule has 0 aliphatic carbocycles. The highest BCUT2D eigenvalue weighted by atomic mass is 35.5. The standard InChI is InChI=1S/C20H16ClF5N4O4S/c1-9-4-12(20(24,25)26)11(7-27)18(28-9)30-3-2-10(8-35(32,33)34)17(30)19(31)29-16-5-13(21)14(22)6-15(16)23/h4-6,10,17H,2-3,8H2,1H3,(H,29,31)(H,32,33,34)/t10-,17+/m1/s1. The van der Waals surface area contributed by atoms with Crippen LogP contribution in [0.3, 0.4) is 0 Å². The number of nitrogens with one attached hydrogen (secondary N) is 1. The van der Waals surface area contributed by atoms with Crippen LogP contribution in [0.15, 0.2) is 18.2 Å². The Morgan fingerprint density at radius 3 is 2.54 bits per heavy atom. The van der Waals surface area contributed by atoms with E-state index in [1.807, 2.05) is 0 Å². The van der Waals surface area contributed by atoms with Gasteiger partial charge in [-0.2, -0.15) is 26.9 Å². The number of rotatable bonds is 5. The second-order valence-electron chi connectivity index (χ2n) is 7.79. The number of aromatic nitrogens is 1. The molecule has 35 heavy (non-hydrogen) atoms. The van der Waals surface area contributed by atoms with Crippen LogP contribution in [-0.2, 0) is 21.1 Å². The minimum Gasteiger partial charge on any atom is -0.343 e. The average Bonchev–Trinajstić information content (AvgIpc) is 3.12. The molecular formula is C20H16ClF5N4O4S. The van der Waals surface area contributed by atoms with E-state index in [9.17, 15) is 45.0 Å². The van der Waals surface area contributed by atoms with Gasteiger partial charge in [-0.05, 0) is 25.5 Å². The minimum atomic E-state index is -4.94. The van der Waals surface area contributed by atoms with Crippen molar-refractivity contribution in [1.82, 2.24) is 4.98 Å². The molecule has 2 aromatic rings. The van der Waals surface area contributed by atoms with Crippen molar-refractivity contribution in [3.8, 4) is 6.07 Å². The monoisotopic (exact) mass is 538 g/mol. The van der Waals surface area contributed by atoms with Gasteiger partial charge in [0.25, 0.3) is 10.1 Å². The molecular weight excluding hydrogens is 523 g/mol. The van der Waals surface area contributed by atoms with Crippen LogP contribution >= 0.6 is 11.6 Å². The molecule has 0 saturated carbocycles. The molecule has 1 aliphatic heterocycles. The molecule has 1 aromatic heterocycles. The van der Waals surface area contributed by atoms with Crippen molar-refractivity contribution in [1.29, 1.82) is 5.26 Å². The summed E-state index contributed by atoms with van der Waals surface area (Å²) in [6.45, 7) is 1.02. The van der Waals surface area contributed by atoms with Crippen molar-refractivity contribution in [3.63, 3.8) is 0 Å². The zero-order chi connectivity index (χ0) is 26.3. The van der Waals surface area contributed by atoms with E-state index in [4.69, 9.17) is 11.6 Å². The highest BCUT2D eigenvalue weighted by Gasteiger charge is 2.45. The molecule has 2 atom stereocenters. The Morgan fingerprint density at radius 2 is 1.97 bits per heavy atom. The van der Waals surface area contributed by atoms with Gasteiger partial charge in [-0.1, -0.05) is 11.6 Å². The van der Waals surface area contributed by atoms with Gasteiger partial charge in [0.1, 0.15) is 35.1 Å². The summed E-state index contributed by atoms with van der Waals surface area (Å²) in [5.74, 6) is -6.09. The molecule has 1 amide bonds. The van der Waals surface area contributed by atoms with Gasteiger partial charge in [0.05, 0.1) is 22.0 Å². The quantitative estimate of drug-likeness (QED) is 0.336. The van der Waals surface area contributed by atoms with E-state index in [-0.39, 0.29) is 18.7 Å². The molecule has 0 radical (unpaired) electrons. The van der Waals surface area contributed by atoms with E-state index >= 15 is 0 Å². The van der Waals surface area contributed by atoms with Gasteiger partial charge in [0.2, 0.25) is 5.91 Å². The lowest BCUT2D eigenvalue weighted by Crippen LogP contribution is -2.45. The van der Waals surface area contributed by atoms with Gasteiger partial charge >= 0.3 is 6.18 Å². The summed E-state index contributed by atoms with van der Waals surface area (Å²) in [5.41, 5.74) is -2.92. The Hall–Kier alpha value is -3.02. The number of carbonyl (C=O) groups is 1. The molecule has 0 bridgehead atoms. The van der Waals surface area contributed by atoms with Crippen LogP contribution in [0.25, 0.3) is 0 Å². The summed E-state index contributed by atoms with van der Waals surface area (Å²) < 4.78 is 101. The van der Waals surface area contributed by atoms with Crippen molar-refractivity contribution >= 4 is 39.1 Å². The second-order valence-corrected chi connectivity index (χ2v) is 9.69. The number of alkyl halides is 3. The van der Waals surface area contributed by atoms with Crippen molar-refractivity contribution in [3.05, 3.63) is 51.7 Å². The van der Waals surface area contributed by atoms with E-state index in [0.717, 1.165) is 11.0 Å². The predicted octanol–water partition coefficient (Wildman–Crippen LogP) is 3.93. The first kappa shape index (κ1) is 26.6. The number of benzene rings is 1. The molecule has 8 nitrogen and oxygen atoms in total. The molecule has 1 aliphatic rings. The minimum absolute atomic E-state index is 0.105. The van der Waals surface area contributed by atoms with Crippen LogP contribution < -0.4 is 10.2 Å². The summed E-state index contributed by atoms with van der Waals surface area (Å²) in [5, 5.41) is 11.0. The highest BCUT2D eigenvalue weighted by Crippen LogP contribution is 2.39. The molecule has 2 heterocycles. The van der Waals surface area contributed by atoms with E-state index < -0.39 is 79.2 Å². The molecule has 2 N–H and O–H groups in total. The molecule has 3 rings (SSSR count). The van der Waals surface area contributed by atoms with Crippen molar-refractivity contribution in [2.24, 2.45) is 5.92 Å². The van der Waals surface area contributed by atoms with E-state index in [0.29, 0.717) is 12.1 Å². The first-order valence-corrected chi connectivity index (χ1v) is 11.8. The Bertz CT molecular complexity index is 1330. The summed E-state index contributed by atoms with van der Waals surface area (Å²) in [6, 6.07) is 1.64. The average molecular weight is 539 g/mol. The lowest BCUT2D eigenvalue weighted by Gasteiger charge is -2.29. The Balaban J connectivity index is 2.11. The number of carbonyl (C=O) groups excluding carboxylic acids is 1. The lowest BCUT2D eigenvalue weighted by molar-refractivity contribution is -0.137. The first-order chi connectivity index (χ1) is 16.1. The number of hydrogen-bond donors (Lipinski definition) is 2. The number of nitriles is 1. The van der Waals surface area contributed by atoms with Crippen molar-refractivity contribution in [2.75, 3.05) is 22.5 Å². The second kappa shape index (κ2) is 9.56. The van der Waals surface area contributed by atoms with Crippen LogP contribution in [0.4, 0.5) is 33.5 Å². The van der Waals surface area contributed by atoms with Crippen LogP contribution in [0, 0.1) is 35.8 Å². The van der Waals surface area contributed by atoms with E-state index in [1.54, 1.807) is 0 Å². The van der Waals surface area contributed by atoms with Crippen molar-refractivity contribution in [2.45, 2.75) is 25.6 Å². The predicted molar refractivity (Wildman–Crippen MR) is 114 cm³/mol. The van der Waals surface area contributed by atoms with E-state index in [1.165, 1.54) is 13.0 Å². The molecule has 0 unspecified atom stereocenters. The summed E-state index contributed by atoms with van der Waals surface area (Å²) in [4.78, 5) is 18.1. The Morgan fingerprint density at radius 1 is 1.31 bits per heavy atom. The van der Waals surface area contributed by atoms with Crippen LogP contribution in [0.5, 0.6) is 0 Å². The van der Waals surface area contributed by atoms with Crippen molar-refractivity contribution < 1.29 is 39.7 Å². The van der Waals surface area contributed by atoms with Gasteiger partial charge in [-0.3, -0.25) is 9.35 Å².